The molecule has 6 nitrogen and oxygen atoms in total. The number of Topliss-reactive ketones (excluding diaryl/α,β-unsaturated/α-hetero) is 2. The smallest absolute Gasteiger partial charge is 0.167 e. The monoisotopic (exact) mass is 567 g/mol. The Morgan fingerprint density at radius 1 is 0.854 bits per heavy atom. The van der Waals surface area contributed by atoms with Crippen LogP contribution in [0.15, 0.2) is 66.7 Å². The molecule has 0 atom stereocenters. The summed E-state index contributed by atoms with van der Waals surface area (Å²) in [4.78, 5) is 36.0. The number of carbonyl (C=O) groups is 2. The van der Waals surface area contributed by atoms with Crippen LogP contribution in [0.25, 0.3) is 10.9 Å². The molecule has 0 unspecified atom stereocenters. The molecule has 1 fully saturated rings. The van der Waals surface area contributed by atoms with E-state index in [2.05, 4.69) is 28.9 Å². The maximum Gasteiger partial charge on any atom is 0.167 e. The molecule has 2 aliphatic heterocycles. The van der Waals surface area contributed by atoms with Crippen LogP contribution in [-0.2, 0) is 25.8 Å². The van der Waals surface area contributed by atoms with E-state index >= 15 is 0 Å². The third-order valence-electron chi connectivity index (χ3n) is 8.21. The first-order valence-corrected chi connectivity index (χ1v) is 14.8. The molecule has 210 valence electrons. The van der Waals surface area contributed by atoms with Crippen molar-refractivity contribution >= 4 is 34.1 Å². The van der Waals surface area contributed by atoms with Gasteiger partial charge < -0.3 is 9.64 Å². The molecule has 3 heterocycles. The van der Waals surface area contributed by atoms with Crippen molar-refractivity contribution in [3.63, 3.8) is 0 Å². The second-order valence-electron chi connectivity index (χ2n) is 11.0. The Kier molecular flexibility index (Phi) is 8.15. The SMILES string of the molecule is CCN1CCN(Cc2ccc3cc(C(=O)Cc4cc(CC(=O)c5ccc6c(c5)OCC6)ccc4Cl)ccc3n2)CC1. The fourth-order valence-electron chi connectivity index (χ4n) is 5.70. The average Bonchev–Trinajstić information content (AvgIpc) is 3.47. The molecule has 1 saturated heterocycles. The van der Waals surface area contributed by atoms with Crippen molar-refractivity contribution in [3.05, 3.63) is 105 Å². The number of pyridine rings is 1. The summed E-state index contributed by atoms with van der Waals surface area (Å²) >= 11 is 6.48. The second-order valence-corrected chi connectivity index (χ2v) is 11.4. The highest BCUT2D eigenvalue weighted by molar-refractivity contribution is 6.31. The molecule has 0 spiro atoms. The molecule has 4 aromatic rings. The molecule has 41 heavy (non-hydrogen) atoms. The predicted octanol–water partition coefficient (Wildman–Crippen LogP) is 5.81. The normalized spacial score (nSPS) is 15.6. The largest absolute Gasteiger partial charge is 0.493 e. The van der Waals surface area contributed by atoms with E-state index < -0.39 is 0 Å². The van der Waals surface area contributed by atoms with E-state index in [0.29, 0.717) is 22.8 Å². The Hall–Kier alpha value is -3.58. The molecule has 0 bridgehead atoms. The molecule has 0 N–H and O–H groups in total. The van der Waals surface area contributed by atoms with Crippen LogP contribution in [-0.4, -0.2) is 65.7 Å². The summed E-state index contributed by atoms with van der Waals surface area (Å²) in [5.41, 5.74) is 5.88. The highest BCUT2D eigenvalue weighted by atomic mass is 35.5. The lowest BCUT2D eigenvalue weighted by Gasteiger charge is -2.33. The Morgan fingerprint density at radius 3 is 2.44 bits per heavy atom. The Morgan fingerprint density at radius 2 is 1.61 bits per heavy atom. The quantitative estimate of drug-likeness (QED) is 0.238. The number of piperazine rings is 1. The van der Waals surface area contributed by atoms with Gasteiger partial charge in [-0.1, -0.05) is 48.9 Å². The zero-order valence-corrected chi connectivity index (χ0v) is 24.1. The first-order valence-electron chi connectivity index (χ1n) is 14.4. The van der Waals surface area contributed by atoms with Gasteiger partial charge in [0.15, 0.2) is 11.6 Å². The van der Waals surface area contributed by atoms with Crippen molar-refractivity contribution in [2.75, 3.05) is 39.3 Å². The van der Waals surface area contributed by atoms with Gasteiger partial charge >= 0.3 is 0 Å². The summed E-state index contributed by atoms with van der Waals surface area (Å²) in [6, 6.07) is 21.0. The highest BCUT2D eigenvalue weighted by Crippen LogP contribution is 2.27. The molecule has 0 saturated carbocycles. The number of nitrogens with zero attached hydrogens (tertiary/aromatic N) is 3. The van der Waals surface area contributed by atoms with Crippen molar-refractivity contribution in [2.45, 2.75) is 32.7 Å². The van der Waals surface area contributed by atoms with Gasteiger partial charge in [-0.25, -0.2) is 0 Å². The minimum absolute atomic E-state index is 0.00696. The van der Waals surface area contributed by atoms with E-state index in [4.69, 9.17) is 21.3 Å². The minimum Gasteiger partial charge on any atom is -0.493 e. The third-order valence-corrected chi connectivity index (χ3v) is 8.58. The number of ketones is 2. The van der Waals surface area contributed by atoms with Gasteiger partial charge in [0.1, 0.15) is 5.75 Å². The topological polar surface area (TPSA) is 62.7 Å². The Balaban J connectivity index is 1.11. The van der Waals surface area contributed by atoms with Gasteiger partial charge in [0.05, 0.1) is 17.8 Å². The Labute approximate surface area is 245 Å². The van der Waals surface area contributed by atoms with E-state index in [9.17, 15) is 9.59 Å². The fraction of sp³-hybridized carbons (Fsp3) is 0.324. The summed E-state index contributed by atoms with van der Waals surface area (Å²) in [7, 11) is 0. The number of halogens is 1. The van der Waals surface area contributed by atoms with Crippen LogP contribution >= 0.6 is 11.6 Å². The highest BCUT2D eigenvalue weighted by Gasteiger charge is 2.18. The van der Waals surface area contributed by atoms with E-state index in [1.165, 1.54) is 0 Å². The van der Waals surface area contributed by atoms with Crippen molar-refractivity contribution in [2.24, 2.45) is 0 Å². The van der Waals surface area contributed by atoms with E-state index in [1.54, 1.807) is 6.07 Å². The molecule has 7 heteroatoms. The summed E-state index contributed by atoms with van der Waals surface area (Å²) < 4.78 is 5.62. The van der Waals surface area contributed by atoms with Crippen molar-refractivity contribution in [1.82, 2.24) is 14.8 Å². The van der Waals surface area contributed by atoms with E-state index in [0.717, 1.165) is 84.7 Å². The van der Waals surface area contributed by atoms with Crippen molar-refractivity contribution < 1.29 is 14.3 Å². The molecular formula is C34H34ClN3O3. The summed E-state index contributed by atoms with van der Waals surface area (Å²) in [5, 5.41) is 1.46. The summed E-state index contributed by atoms with van der Waals surface area (Å²) in [5.74, 6) is 0.781. The maximum absolute atomic E-state index is 13.3. The molecule has 2 aliphatic rings. The van der Waals surface area contributed by atoms with Crippen LogP contribution in [0.1, 0.15) is 50.0 Å². The zero-order valence-electron chi connectivity index (χ0n) is 23.4. The number of benzene rings is 3. The Bertz CT molecular complexity index is 1610. The fourth-order valence-corrected chi connectivity index (χ4v) is 5.88. The summed E-state index contributed by atoms with van der Waals surface area (Å²) in [6.45, 7) is 9.13. The van der Waals surface area contributed by atoms with Crippen LogP contribution in [0.3, 0.4) is 0 Å². The zero-order chi connectivity index (χ0) is 28.3. The lowest BCUT2D eigenvalue weighted by molar-refractivity contribution is 0.0986. The van der Waals surface area contributed by atoms with Crippen molar-refractivity contribution in [3.8, 4) is 5.75 Å². The molecule has 0 radical (unpaired) electrons. The van der Waals surface area contributed by atoms with Crippen molar-refractivity contribution in [1.29, 1.82) is 0 Å². The number of fused-ring (bicyclic) bond motifs is 2. The van der Waals surface area contributed by atoms with Crippen LogP contribution in [0.5, 0.6) is 5.75 Å². The van der Waals surface area contributed by atoms with Gasteiger partial charge in [0.2, 0.25) is 0 Å². The van der Waals surface area contributed by atoms with Gasteiger partial charge in [-0.05, 0) is 59.6 Å². The van der Waals surface area contributed by atoms with Gasteiger partial charge in [0.25, 0.3) is 0 Å². The van der Waals surface area contributed by atoms with Gasteiger partial charge in [-0.2, -0.15) is 0 Å². The number of likely N-dealkylation sites (N-methyl/N-ethyl adjacent to an activating group) is 1. The molecule has 6 rings (SSSR count). The molecule has 3 aromatic carbocycles. The van der Waals surface area contributed by atoms with Gasteiger partial charge in [0, 0.05) is 73.5 Å². The third kappa shape index (κ3) is 6.35. The lowest BCUT2D eigenvalue weighted by Crippen LogP contribution is -2.45. The second kappa shape index (κ2) is 12.1. The lowest BCUT2D eigenvalue weighted by atomic mass is 9.97. The first kappa shape index (κ1) is 27.6. The molecule has 0 amide bonds. The number of ether oxygens (including phenoxy) is 1. The number of aromatic nitrogens is 1. The minimum atomic E-state index is -0.0223. The number of rotatable bonds is 9. The van der Waals surface area contributed by atoms with E-state index in [-0.39, 0.29) is 24.4 Å². The first-order chi connectivity index (χ1) is 19.9. The predicted molar refractivity (Wildman–Crippen MR) is 162 cm³/mol. The van der Waals surface area contributed by atoms with Crippen LogP contribution in [0, 0.1) is 0 Å². The molecule has 1 aromatic heterocycles. The van der Waals surface area contributed by atoms with Gasteiger partial charge in [-0.15, -0.1) is 0 Å². The van der Waals surface area contributed by atoms with Crippen LogP contribution in [0.4, 0.5) is 0 Å². The number of carbonyl (C=O) groups excluding carboxylic acids is 2. The van der Waals surface area contributed by atoms with Crippen LogP contribution < -0.4 is 4.74 Å². The van der Waals surface area contributed by atoms with Crippen LogP contribution in [0.2, 0.25) is 5.02 Å². The molecular weight excluding hydrogens is 534 g/mol. The number of hydrogen-bond donors (Lipinski definition) is 0. The standard InChI is InChI=1S/C34H34ClN3O3/c1-2-37-12-14-38(15-13-37)22-29-8-6-25-19-26(7-10-31(25)36-29)33(40)20-28-17-23(3-9-30(28)35)18-32(39)27-5-4-24-11-16-41-34(24)21-27/h3-10,17,19,21H,2,11-16,18,20,22H2,1H3. The summed E-state index contributed by atoms with van der Waals surface area (Å²) in [6.07, 6.45) is 1.27. The maximum atomic E-state index is 13.3. The number of hydrogen-bond acceptors (Lipinski definition) is 6. The van der Waals surface area contributed by atoms with Gasteiger partial charge in [-0.3, -0.25) is 19.5 Å². The average molecular weight is 568 g/mol. The van der Waals surface area contributed by atoms with E-state index in [1.807, 2.05) is 48.5 Å². The molecule has 0 aliphatic carbocycles.